The summed E-state index contributed by atoms with van der Waals surface area (Å²) in [6.07, 6.45) is 17.4. The fraction of sp³-hybridized carbons (Fsp3) is 0.828. The Kier molecular flexibility index (Phi) is 7.93. The molecule has 0 saturated heterocycles. The number of fused-ring (bicyclic) bond motifs is 3. The first kappa shape index (κ1) is 24.7. The van der Waals surface area contributed by atoms with Crippen LogP contribution in [0.25, 0.3) is 0 Å². The Bertz CT molecular complexity index is 691. The number of hydrogen-bond acceptors (Lipinski definition) is 2. The molecule has 0 aromatic heterocycles. The third kappa shape index (κ3) is 4.75. The van der Waals surface area contributed by atoms with Crippen LogP contribution in [0.15, 0.2) is 23.8 Å². The average Bonchev–Trinajstić information content (AvgIpc) is 2.75. The van der Waals surface area contributed by atoms with Crippen LogP contribution in [-0.4, -0.2) is 17.5 Å². The molecule has 0 heterocycles. The van der Waals surface area contributed by atoms with Crippen molar-refractivity contribution in [1.29, 1.82) is 0 Å². The highest BCUT2D eigenvalue weighted by molar-refractivity contribution is 5.92. The highest BCUT2D eigenvalue weighted by Crippen LogP contribution is 2.62. The van der Waals surface area contributed by atoms with Gasteiger partial charge >= 0.3 is 0 Å². The summed E-state index contributed by atoms with van der Waals surface area (Å²) in [7, 11) is 0. The van der Waals surface area contributed by atoms with E-state index in [4.69, 9.17) is 0 Å². The second-order valence-electron chi connectivity index (χ2n) is 12.0. The van der Waals surface area contributed by atoms with Gasteiger partial charge in [0.05, 0.1) is 0 Å². The van der Waals surface area contributed by atoms with E-state index in [9.17, 15) is 9.90 Å². The second kappa shape index (κ2) is 9.94. The molecule has 0 bridgehead atoms. The minimum atomic E-state index is 0.190. The van der Waals surface area contributed by atoms with Crippen molar-refractivity contribution in [3.8, 4) is 0 Å². The minimum Gasteiger partial charge on any atom is -0.396 e. The van der Waals surface area contributed by atoms with Crippen LogP contribution in [-0.2, 0) is 4.79 Å². The molecule has 3 aliphatic rings. The van der Waals surface area contributed by atoms with Gasteiger partial charge in [0.25, 0.3) is 0 Å². The molecule has 2 nitrogen and oxygen atoms in total. The first-order valence-electron chi connectivity index (χ1n) is 13.2. The maximum absolute atomic E-state index is 12.1. The van der Waals surface area contributed by atoms with Crippen molar-refractivity contribution in [2.24, 2.45) is 46.3 Å². The number of ketones is 1. The van der Waals surface area contributed by atoms with Crippen LogP contribution in [0, 0.1) is 46.3 Å². The first-order chi connectivity index (χ1) is 14.7. The zero-order valence-electron chi connectivity index (χ0n) is 21.1. The Labute approximate surface area is 192 Å². The number of aliphatic hydroxyl groups excluding tert-OH is 1. The smallest absolute Gasteiger partial charge is 0.156 e. The van der Waals surface area contributed by atoms with Crippen molar-refractivity contribution in [2.45, 2.75) is 99.3 Å². The molecule has 8 atom stereocenters. The summed E-state index contributed by atoms with van der Waals surface area (Å²) in [5, 5.41) is 9.35. The van der Waals surface area contributed by atoms with Crippen molar-refractivity contribution < 1.29 is 9.90 Å². The molecule has 2 heteroatoms. The second-order valence-corrected chi connectivity index (χ2v) is 12.0. The minimum absolute atomic E-state index is 0.190. The van der Waals surface area contributed by atoms with Crippen LogP contribution in [0.2, 0.25) is 0 Å². The number of allylic oxidation sites excluding steroid dienone is 4. The van der Waals surface area contributed by atoms with Gasteiger partial charge in [0.15, 0.2) is 5.78 Å². The summed E-state index contributed by atoms with van der Waals surface area (Å²) in [5.41, 5.74) is 1.88. The van der Waals surface area contributed by atoms with Gasteiger partial charge in [-0.3, -0.25) is 4.79 Å². The lowest BCUT2D eigenvalue weighted by Crippen LogP contribution is -2.51. The predicted octanol–water partition coefficient (Wildman–Crippen LogP) is 7.37. The molecule has 31 heavy (non-hydrogen) atoms. The molecule has 1 N–H and O–H groups in total. The first-order valence-corrected chi connectivity index (χ1v) is 13.2. The van der Waals surface area contributed by atoms with Gasteiger partial charge in [-0.25, -0.2) is 0 Å². The van der Waals surface area contributed by atoms with E-state index in [1.165, 1.54) is 44.1 Å². The highest BCUT2D eigenvalue weighted by atomic mass is 16.3. The predicted molar refractivity (Wildman–Crippen MR) is 131 cm³/mol. The van der Waals surface area contributed by atoms with Crippen molar-refractivity contribution in [1.82, 2.24) is 0 Å². The van der Waals surface area contributed by atoms with Gasteiger partial charge in [-0.15, -0.1) is 0 Å². The monoisotopic (exact) mass is 428 g/mol. The fourth-order valence-corrected chi connectivity index (χ4v) is 7.54. The normalized spacial score (nSPS) is 38.1. The van der Waals surface area contributed by atoms with E-state index in [1.54, 1.807) is 0 Å². The lowest BCUT2D eigenvalue weighted by atomic mass is 9.45. The van der Waals surface area contributed by atoms with E-state index in [0.29, 0.717) is 41.5 Å². The Morgan fingerprint density at radius 1 is 1.16 bits per heavy atom. The van der Waals surface area contributed by atoms with Crippen LogP contribution in [0.1, 0.15) is 99.3 Å². The van der Waals surface area contributed by atoms with Gasteiger partial charge in [0, 0.05) is 13.0 Å². The molecule has 0 amide bonds. The van der Waals surface area contributed by atoms with Crippen molar-refractivity contribution in [2.75, 3.05) is 6.61 Å². The maximum Gasteiger partial charge on any atom is 0.156 e. The highest BCUT2D eigenvalue weighted by Gasteiger charge is 2.55. The van der Waals surface area contributed by atoms with Gasteiger partial charge in [0.2, 0.25) is 0 Å². The molecule has 3 rings (SSSR count). The Balaban J connectivity index is 1.81. The van der Waals surface area contributed by atoms with E-state index in [1.807, 2.05) is 6.08 Å². The van der Waals surface area contributed by atoms with Gasteiger partial charge in [-0.2, -0.15) is 0 Å². The van der Waals surface area contributed by atoms with Gasteiger partial charge in [0.1, 0.15) is 0 Å². The topological polar surface area (TPSA) is 37.3 Å². The Morgan fingerprint density at radius 2 is 1.90 bits per heavy atom. The standard InChI is InChI=1S/C29H48O2/c1-7-9-26-25-13-12-23-18-24(31)14-16-29(23,6)27(25)15-17-28(26,5)22(4)21(3)11-8-10-20(2)19-30/h12-13,18,20-22,25-27,30H,7-11,14-17,19H2,1-6H3. The van der Waals surface area contributed by atoms with Crippen LogP contribution in [0.4, 0.5) is 0 Å². The molecule has 0 radical (unpaired) electrons. The molecule has 0 aromatic carbocycles. The number of rotatable bonds is 9. The summed E-state index contributed by atoms with van der Waals surface area (Å²) in [4.78, 5) is 12.1. The molecule has 0 aliphatic heterocycles. The molecular weight excluding hydrogens is 380 g/mol. The molecule has 0 aromatic rings. The quantitative estimate of drug-likeness (QED) is 0.416. The van der Waals surface area contributed by atoms with E-state index < -0.39 is 0 Å². The summed E-state index contributed by atoms with van der Waals surface area (Å²) in [6.45, 7) is 14.9. The van der Waals surface area contributed by atoms with E-state index in [2.05, 4.69) is 53.7 Å². The van der Waals surface area contributed by atoms with E-state index in [0.717, 1.165) is 31.1 Å². The van der Waals surface area contributed by atoms with E-state index >= 15 is 0 Å². The maximum atomic E-state index is 12.1. The van der Waals surface area contributed by atoms with Gasteiger partial charge in [-0.05, 0) is 90.1 Å². The molecule has 3 aliphatic carbocycles. The average molecular weight is 429 g/mol. The van der Waals surface area contributed by atoms with Crippen molar-refractivity contribution >= 4 is 5.78 Å². The fourth-order valence-electron chi connectivity index (χ4n) is 7.54. The van der Waals surface area contributed by atoms with Gasteiger partial charge < -0.3 is 5.11 Å². The Hall–Kier alpha value is -0.890. The van der Waals surface area contributed by atoms with Crippen LogP contribution in [0.5, 0.6) is 0 Å². The molecule has 8 unspecified atom stereocenters. The van der Waals surface area contributed by atoms with Crippen LogP contribution in [0.3, 0.4) is 0 Å². The van der Waals surface area contributed by atoms with Crippen molar-refractivity contribution in [3.63, 3.8) is 0 Å². The molecular formula is C29H48O2. The molecule has 1 fully saturated rings. The summed E-state index contributed by atoms with van der Waals surface area (Å²) in [6, 6.07) is 0. The third-order valence-electron chi connectivity index (χ3n) is 10.1. The number of hydrogen-bond donors (Lipinski definition) is 1. The largest absolute Gasteiger partial charge is 0.396 e. The lowest BCUT2D eigenvalue weighted by Gasteiger charge is -2.59. The van der Waals surface area contributed by atoms with E-state index in [-0.39, 0.29) is 5.41 Å². The number of carbonyl (C=O) groups is 1. The SMILES string of the molecule is CCCC1C2C=CC3=CC(=O)CCC3(C)C2CCC1(C)C(C)C(C)CCCC(C)CO. The van der Waals surface area contributed by atoms with Crippen LogP contribution >= 0.6 is 0 Å². The van der Waals surface area contributed by atoms with Crippen LogP contribution < -0.4 is 0 Å². The zero-order valence-corrected chi connectivity index (χ0v) is 21.1. The zero-order chi connectivity index (χ0) is 22.8. The molecule has 0 spiro atoms. The van der Waals surface area contributed by atoms with Gasteiger partial charge in [-0.1, -0.05) is 73.0 Å². The van der Waals surface area contributed by atoms with Crippen molar-refractivity contribution in [3.05, 3.63) is 23.8 Å². The third-order valence-corrected chi connectivity index (χ3v) is 10.1. The Morgan fingerprint density at radius 3 is 2.58 bits per heavy atom. The summed E-state index contributed by atoms with van der Waals surface area (Å²) >= 11 is 0. The molecule has 1 saturated carbocycles. The number of aliphatic hydroxyl groups is 1. The number of carbonyl (C=O) groups excluding carboxylic acids is 1. The lowest BCUT2D eigenvalue weighted by molar-refractivity contribution is -0.117. The summed E-state index contributed by atoms with van der Waals surface area (Å²) in [5.74, 6) is 4.25. The summed E-state index contributed by atoms with van der Waals surface area (Å²) < 4.78 is 0. The molecule has 176 valence electrons.